The van der Waals surface area contributed by atoms with Crippen LogP contribution in [0.15, 0.2) is 24.3 Å². The number of hydrogen-bond acceptors (Lipinski definition) is 5. The van der Waals surface area contributed by atoms with Crippen LogP contribution in [0.2, 0.25) is 0 Å². The van der Waals surface area contributed by atoms with Gasteiger partial charge < -0.3 is 14.5 Å². The van der Waals surface area contributed by atoms with E-state index >= 15 is 0 Å². The largest absolute Gasteiger partial charge is 0.444 e. The zero-order valence-corrected chi connectivity index (χ0v) is 18.9. The lowest BCUT2D eigenvalue weighted by Gasteiger charge is -2.37. The van der Waals surface area contributed by atoms with E-state index in [9.17, 15) is 9.59 Å². The number of benzene rings is 1. The molecular weight excluding hydrogens is 398 g/mol. The number of nitrogens with zero attached hydrogens (tertiary/aromatic N) is 3. The van der Waals surface area contributed by atoms with Crippen LogP contribution >= 0.6 is 11.3 Å². The molecule has 2 saturated heterocycles. The second-order valence-corrected chi connectivity index (χ2v) is 10.4. The Kier molecular flexibility index (Phi) is 6.00. The van der Waals surface area contributed by atoms with Crippen LogP contribution in [0.3, 0.4) is 0 Å². The number of amides is 2. The van der Waals surface area contributed by atoms with E-state index in [4.69, 9.17) is 9.72 Å². The van der Waals surface area contributed by atoms with Crippen molar-refractivity contribution in [1.82, 2.24) is 14.8 Å². The standard InChI is InChI=1S/C23H31N3O3S/c1-23(2,3)29-22(28)26-14-10-17(11-15-26)21(27)25-12-8-16(9-13-25)20-24-18-6-4-5-7-19(18)30-20/h4-7,16-17H,8-15H2,1-3H3. The van der Waals surface area contributed by atoms with Gasteiger partial charge in [-0.15, -0.1) is 11.3 Å². The molecule has 0 bridgehead atoms. The van der Waals surface area contributed by atoms with E-state index in [1.54, 1.807) is 16.2 Å². The van der Waals surface area contributed by atoms with Crippen molar-refractivity contribution in [2.75, 3.05) is 26.2 Å². The lowest BCUT2D eigenvalue weighted by Crippen LogP contribution is -2.47. The fraction of sp³-hybridized carbons (Fsp3) is 0.609. The summed E-state index contributed by atoms with van der Waals surface area (Å²) in [4.78, 5) is 33.8. The molecule has 2 aromatic rings. The van der Waals surface area contributed by atoms with Crippen molar-refractivity contribution in [3.8, 4) is 0 Å². The van der Waals surface area contributed by atoms with Crippen LogP contribution in [0.4, 0.5) is 4.79 Å². The maximum Gasteiger partial charge on any atom is 0.410 e. The lowest BCUT2D eigenvalue weighted by molar-refractivity contribution is -0.138. The Morgan fingerprint density at radius 3 is 2.27 bits per heavy atom. The van der Waals surface area contributed by atoms with Crippen LogP contribution < -0.4 is 0 Å². The molecule has 6 nitrogen and oxygen atoms in total. The van der Waals surface area contributed by atoms with E-state index in [-0.39, 0.29) is 17.9 Å². The van der Waals surface area contributed by atoms with Gasteiger partial charge in [-0.2, -0.15) is 0 Å². The Labute approximate surface area is 182 Å². The van der Waals surface area contributed by atoms with Gasteiger partial charge in [0.1, 0.15) is 5.60 Å². The van der Waals surface area contributed by atoms with Crippen molar-refractivity contribution >= 4 is 33.6 Å². The van der Waals surface area contributed by atoms with Crippen LogP contribution in [-0.2, 0) is 9.53 Å². The molecule has 0 spiro atoms. The third-order valence-electron chi connectivity index (χ3n) is 5.96. The fourth-order valence-corrected chi connectivity index (χ4v) is 5.44. The molecule has 0 unspecified atom stereocenters. The van der Waals surface area contributed by atoms with E-state index in [2.05, 4.69) is 18.2 Å². The van der Waals surface area contributed by atoms with Crippen LogP contribution in [0.1, 0.15) is 57.4 Å². The van der Waals surface area contributed by atoms with Crippen molar-refractivity contribution < 1.29 is 14.3 Å². The normalized spacial score (nSPS) is 19.3. The van der Waals surface area contributed by atoms with Crippen molar-refractivity contribution in [2.24, 2.45) is 5.92 Å². The van der Waals surface area contributed by atoms with Gasteiger partial charge in [0, 0.05) is 38.0 Å². The minimum atomic E-state index is -0.489. The number of hydrogen-bond donors (Lipinski definition) is 0. The molecule has 0 saturated carbocycles. The molecular formula is C23H31N3O3S. The average Bonchev–Trinajstić information content (AvgIpc) is 3.16. The highest BCUT2D eigenvalue weighted by atomic mass is 32.1. The highest BCUT2D eigenvalue weighted by Gasteiger charge is 2.34. The van der Waals surface area contributed by atoms with Gasteiger partial charge in [-0.3, -0.25) is 4.79 Å². The van der Waals surface area contributed by atoms with Crippen molar-refractivity contribution in [2.45, 2.75) is 58.0 Å². The topological polar surface area (TPSA) is 62.7 Å². The molecule has 0 atom stereocenters. The molecule has 0 aliphatic carbocycles. The third kappa shape index (κ3) is 4.77. The molecule has 3 heterocycles. The summed E-state index contributed by atoms with van der Waals surface area (Å²) in [6.45, 7) is 8.40. The second-order valence-electron chi connectivity index (χ2n) is 9.36. The van der Waals surface area contributed by atoms with Crippen LogP contribution in [0.25, 0.3) is 10.2 Å². The van der Waals surface area contributed by atoms with Gasteiger partial charge in [-0.25, -0.2) is 9.78 Å². The zero-order chi connectivity index (χ0) is 21.3. The van der Waals surface area contributed by atoms with Gasteiger partial charge in [0.2, 0.25) is 5.91 Å². The fourth-order valence-electron chi connectivity index (χ4n) is 4.31. The molecule has 2 fully saturated rings. The van der Waals surface area contributed by atoms with Gasteiger partial charge in [0.15, 0.2) is 0 Å². The number of rotatable bonds is 2. The first-order valence-corrected chi connectivity index (χ1v) is 11.7. The molecule has 2 aliphatic heterocycles. The monoisotopic (exact) mass is 429 g/mol. The Morgan fingerprint density at radius 2 is 1.63 bits per heavy atom. The SMILES string of the molecule is CC(C)(C)OC(=O)N1CCC(C(=O)N2CCC(c3nc4ccccc4s3)CC2)CC1. The molecule has 30 heavy (non-hydrogen) atoms. The number of thiazole rings is 1. The Balaban J connectivity index is 1.27. The van der Waals surface area contributed by atoms with Crippen LogP contribution in [0.5, 0.6) is 0 Å². The van der Waals surface area contributed by atoms with Gasteiger partial charge in [-0.1, -0.05) is 12.1 Å². The van der Waals surface area contributed by atoms with Crippen LogP contribution in [-0.4, -0.2) is 58.6 Å². The number of carbonyl (C=O) groups excluding carboxylic acids is 2. The first-order valence-electron chi connectivity index (χ1n) is 10.9. The van der Waals surface area contributed by atoms with Crippen LogP contribution in [0, 0.1) is 5.92 Å². The average molecular weight is 430 g/mol. The van der Waals surface area contributed by atoms with Crippen molar-refractivity contribution in [3.05, 3.63) is 29.3 Å². The number of ether oxygens (including phenoxy) is 1. The smallest absolute Gasteiger partial charge is 0.410 e. The summed E-state index contributed by atoms with van der Waals surface area (Å²) < 4.78 is 6.69. The van der Waals surface area contributed by atoms with Crippen molar-refractivity contribution in [1.29, 1.82) is 0 Å². The molecule has 2 aliphatic rings. The van der Waals surface area contributed by atoms with Gasteiger partial charge in [0.25, 0.3) is 0 Å². The summed E-state index contributed by atoms with van der Waals surface area (Å²) in [6.07, 6.45) is 3.11. The predicted molar refractivity (Wildman–Crippen MR) is 119 cm³/mol. The first kappa shape index (κ1) is 21.1. The number of carbonyl (C=O) groups is 2. The molecule has 4 rings (SSSR count). The zero-order valence-electron chi connectivity index (χ0n) is 18.1. The summed E-state index contributed by atoms with van der Waals surface area (Å²) in [5.41, 5.74) is 0.588. The summed E-state index contributed by atoms with van der Waals surface area (Å²) >= 11 is 1.78. The first-order chi connectivity index (χ1) is 14.3. The summed E-state index contributed by atoms with van der Waals surface area (Å²) in [6, 6.07) is 8.28. The summed E-state index contributed by atoms with van der Waals surface area (Å²) in [7, 11) is 0. The lowest BCUT2D eigenvalue weighted by atomic mass is 9.92. The molecule has 0 N–H and O–H groups in total. The Morgan fingerprint density at radius 1 is 1.00 bits per heavy atom. The van der Waals surface area contributed by atoms with E-state index < -0.39 is 5.60 Å². The second kappa shape index (κ2) is 8.53. The number of piperidine rings is 2. The quantitative estimate of drug-likeness (QED) is 0.697. The predicted octanol–water partition coefficient (Wildman–Crippen LogP) is 4.65. The van der Waals surface area contributed by atoms with E-state index in [0.29, 0.717) is 19.0 Å². The molecule has 0 radical (unpaired) electrons. The minimum absolute atomic E-state index is 0.0164. The third-order valence-corrected chi connectivity index (χ3v) is 7.16. The van der Waals surface area contributed by atoms with Crippen molar-refractivity contribution in [3.63, 3.8) is 0 Å². The van der Waals surface area contributed by atoms with Gasteiger partial charge in [0.05, 0.1) is 15.2 Å². The molecule has 1 aromatic carbocycles. The molecule has 7 heteroatoms. The number of fused-ring (bicyclic) bond motifs is 1. The number of likely N-dealkylation sites (tertiary alicyclic amines) is 2. The van der Waals surface area contributed by atoms with E-state index in [1.807, 2.05) is 31.7 Å². The molecule has 2 amide bonds. The molecule has 1 aromatic heterocycles. The van der Waals surface area contributed by atoms with Gasteiger partial charge >= 0.3 is 6.09 Å². The Bertz CT molecular complexity index is 871. The maximum atomic E-state index is 13.0. The number of aromatic nitrogens is 1. The van der Waals surface area contributed by atoms with E-state index in [0.717, 1.165) is 44.3 Å². The van der Waals surface area contributed by atoms with E-state index in [1.165, 1.54) is 9.71 Å². The Hall–Kier alpha value is -2.15. The molecule has 162 valence electrons. The van der Waals surface area contributed by atoms with Gasteiger partial charge in [-0.05, 0) is 58.6 Å². The highest BCUT2D eigenvalue weighted by molar-refractivity contribution is 7.18. The minimum Gasteiger partial charge on any atom is -0.444 e. The maximum absolute atomic E-state index is 13.0. The number of para-hydroxylation sites is 1. The summed E-state index contributed by atoms with van der Waals surface area (Å²) in [5.74, 6) is 0.713. The highest BCUT2D eigenvalue weighted by Crippen LogP contribution is 2.34. The summed E-state index contributed by atoms with van der Waals surface area (Å²) in [5, 5.41) is 1.20.